The summed E-state index contributed by atoms with van der Waals surface area (Å²) in [6.45, 7) is 8.16. The smallest absolute Gasteiger partial charge is 0.105 e. The lowest BCUT2D eigenvalue weighted by Crippen LogP contribution is -2.27. The van der Waals surface area contributed by atoms with Gasteiger partial charge in [-0.1, -0.05) is 0 Å². The zero-order chi connectivity index (χ0) is 13.0. The van der Waals surface area contributed by atoms with Gasteiger partial charge in [0.05, 0.1) is 10.7 Å². The molecule has 0 saturated carbocycles. The molecule has 1 atom stereocenters. The van der Waals surface area contributed by atoms with Gasteiger partial charge in [-0.05, 0) is 27.2 Å². The topological polar surface area (TPSA) is 42.7 Å². The quantitative estimate of drug-likeness (QED) is 0.872. The molecular weight excluding hydrogens is 244 g/mol. The molecule has 2 aromatic rings. The Morgan fingerprint density at radius 3 is 2.89 bits per heavy atom. The second-order valence-corrected chi connectivity index (χ2v) is 5.66. The highest BCUT2D eigenvalue weighted by Crippen LogP contribution is 2.08. The Bertz CT molecular complexity index is 489. The predicted octanol–water partition coefficient (Wildman–Crippen LogP) is 2.52. The van der Waals surface area contributed by atoms with Gasteiger partial charge < -0.3 is 9.88 Å². The number of imidazole rings is 1. The van der Waals surface area contributed by atoms with Crippen molar-refractivity contribution in [3.63, 3.8) is 0 Å². The average molecular weight is 264 g/mol. The third kappa shape index (κ3) is 3.65. The van der Waals surface area contributed by atoms with Crippen molar-refractivity contribution in [2.75, 3.05) is 0 Å². The van der Waals surface area contributed by atoms with Crippen LogP contribution in [-0.2, 0) is 13.1 Å². The van der Waals surface area contributed by atoms with E-state index in [-0.39, 0.29) is 0 Å². The van der Waals surface area contributed by atoms with E-state index in [2.05, 4.69) is 32.2 Å². The molecule has 1 N–H and O–H groups in total. The molecule has 0 aliphatic rings. The number of nitrogens with zero attached hydrogens (tertiary/aromatic N) is 3. The third-order valence-corrected chi connectivity index (χ3v) is 3.85. The predicted molar refractivity (Wildman–Crippen MR) is 74.7 cm³/mol. The Labute approximate surface area is 112 Å². The Morgan fingerprint density at radius 2 is 2.28 bits per heavy atom. The van der Waals surface area contributed by atoms with Crippen LogP contribution in [0.25, 0.3) is 0 Å². The van der Waals surface area contributed by atoms with Crippen LogP contribution < -0.4 is 5.32 Å². The molecular formula is C13H20N4S. The van der Waals surface area contributed by atoms with Gasteiger partial charge in [-0.2, -0.15) is 0 Å². The fourth-order valence-corrected chi connectivity index (χ4v) is 2.46. The summed E-state index contributed by atoms with van der Waals surface area (Å²) in [5, 5.41) is 6.76. The van der Waals surface area contributed by atoms with Gasteiger partial charge in [0.1, 0.15) is 5.82 Å². The Balaban J connectivity index is 1.72. The van der Waals surface area contributed by atoms with Gasteiger partial charge in [0.25, 0.3) is 0 Å². The van der Waals surface area contributed by atoms with Gasteiger partial charge in [-0.15, -0.1) is 11.3 Å². The summed E-state index contributed by atoms with van der Waals surface area (Å²) in [4.78, 5) is 8.67. The zero-order valence-corrected chi connectivity index (χ0v) is 12.0. The van der Waals surface area contributed by atoms with E-state index in [4.69, 9.17) is 0 Å². The van der Waals surface area contributed by atoms with Crippen LogP contribution in [0.15, 0.2) is 17.8 Å². The molecule has 0 amide bonds. The van der Waals surface area contributed by atoms with E-state index in [0.29, 0.717) is 6.04 Å². The second kappa shape index (κ2) is 6.11. The van der Waals surface area contributed by atoms with Crippen LogP contribution in [0.5, 0.6) is 0 Å². The highest BCUT2D eigenvalue weighted by molar-refractivity contribution is 7.09. The molecule has 0 radical (unpaired) electrons. The van der Waals surface area contributed by atoms with Crippen LogP contribution in [-0.4, -0.2) is 20.6 Å². The van der Waals surface area contributed by atoms with Crippen molar-refractivity contribution >= 4 is 11.3 Å². The Hall–Kier alpha value is -1.20. The highest BCUT2D eigenvalue weighted by atomic mass is 32.1. The second-order valence-electron chi connectivity index (χ2n) is 4.60. The summed E-state index contributed by atoms with van der Waals surface area (Å²) in [6.07, 6.45) is 4.98. The van der Waals surface area contributed by atoms with Crippen molar-refractivity contribution < 1.29 is 0 Å². The number of nitrogens with one attached hydrogen (secondary N) is 1. The number of rotatable bonds is 6. The van der Waals surface area contributed by atoms with Gasteiger partial charge in [0.15, 0.2) is 0 Å². The molecule has 2 aromatic heterocycles. The molecule has 5 heteroatoms. The van der Waals surface area contributed by atoms with Gasteiger partial charge in [-0.3, -0.25) is 0 Å². The first-order valence-electron chi connectivity index (χ1n) is 6.27. The molecule has 0 bridgehead atoms. The first-order chi connectivity index (χ1) is 8.65. The van der Waals surface area contributed by atoms with E-state index >= 15 is 0 Å². The van der Waals surface area contributed by atoms with Crippen LogP contribution in [0.3, 0.4) is 0 Å². The Morgan fingerprint density at radius 1 is 1.44 bits per heavy atom. The Kier molecular flexibility index (Phi) is 4.49. The summed E-state index contributed by atoms with van der Waals surface area (Å²) in [7, 11) is 0. The third-order valence-electron chi connectivity index (χ3n) is 3.02. The van der Waals surface area contributed by atoms with Gasteiger partial charge in [0.2, 0.25) is 0 Å². The van der Waals surface area contributed by atoms with E-state index in [1.807, 2.05) is 26.2 Å². The van der Waals surface area contributed by atoms with Crippen LogP contribution in [0.1, 0.15) is 29.9 Å². The van der Waals surface area contributed by atoms with Crippen molar-refractivity contribution in [3.8, 4) is 0 Å². The van der Waals surface area contributed by atoms with Crippen LogP contribution >= 0.6 is 11.3 Å². The normalized spacial score (nSPS) is 12.8. The molecule has 0 unspecified atom stereocenters. The molecule has 0 aliphatic heterocycles. The largest absolute Gasteiger partial charge is 0.335 e. The monoisotopic (exact) mass is 264 g/mol. The molecule has 4 nitrogen and oxygen atoms in total. The van der Waals surface area contributed by atoms with E-state index in [1.54, 1.807) is 11.3 Å². The summed E-state index contributed by atoms with van der Waals surface area (Å²) < 4.78 is 2.19. The first kappa shape index (κ1) is 13.2. The first-order valence-corrected chi connectivity index (χ1v) is 7.15. The van der Waals surface area contributed by atoms with Crippen molar-refractivity contribution in [3.05, 3.63) is 34.3 Å². The molecule has 0 fully saturated rings. The lowest BCUT2D eigenvalue weighted by Gasteiger charge is -2.13. The number of hydrogen-bond donors (Lipinski definition) is 1. The van der Waals surface area contributed by atoms with Crippen LogP contribution in [0.2, 0.25) is 0 Å². The van der Waals surface area contributed by atoms with Gasteiger partial charge in [-0.25, -0.2) is 9.97 Å². The van der Waals surface area contributed by atoms with E-state index < -0.39 is 0 Å². The summed E-state index contributed by atoms with van der Waals surface area (Å²) >= 11 is 1.71. The molecule has 0 saturated heterocycles. The van der Waals surface area contributed by atoms with Crippen LogP contribution in [0.4, 0.5) is 0 Å². The van der Waals surface area contributed by atoms with Crippen molar-refractivity contribution in [1.82, 2.24) is 19.9 Å². The lowest BCUT2D eigenvalue weighted by atomic mass is 10.2. The molecule has 98 valence electrons. The van der Waals surface area contributed by atoms with E-state index in [1.165, 1.54) is 0 Å². The fourth-order valence-electron chi connectivity index (χ4n) is 1.84. The maximum atomic E-state index is 4.45. The highest BCUT2D eigenvalue weighted by Gasteiger charge is 2.05. The minimum Gasteiger partial charge on any atom is -0.335 e. The standard InChI is InChI=1S/C13H20N4S/c1-10(4-6-17-7-5-14-11(17)2)15-8-13-9-18-12(3)16-13/h5,7,9-10,15H,4,6,8H2,1-3H3/t10-/m0/s1. The summed E-state index contributed by atoms with van der Waals surface area (Å²) in [5.74, 6) is 1.08. The summed E-state index contributed by atoms with van der Waals surface area (Å²) in [6, 6.07) is 0.480. The average Bonchev–Trinajstić information content (AvgIpc) is 2.93. The van der Waals surface area contributed by atoms with Crippen molar-refractivity contribution in [2.45, 2.75) is 46.3 Å². The number of hydrogen-bond acceptors (Lipinski definition) is 4. The molecule has 0 aromatic carbocycles. The van der Waals surface area contributed by atoms with Gasteiger partial charge in [0, 0.05) is 36.9 Å². The van der Waals surface area contributed by atoms with Crippen molar-refractivity contribution in [1.29, 1.82) is 0 Å². The van der Waals surface area contributed by atoms with Gasteiger partial charge >= 0.3 is 0 Å². The maximum absolute atomic E-state index is 4.45. The molecule has 0 spiro atoms. The van der Waals surface area contributed by atoms with E-state index in [9.17, 15) is 0 Å². The minimum absolute atomic E-state index is 0.480. The van der Waals surface area contributed by atoms with Crippen molar-refractivity contribution in [2.24, 2.45) is 0 Å². The number of aryl methyl sites for hydroxylation is 3. The minimum atomic E-state index is 0.480. The SMILES string of the molecule is Cc1nc(CN[C@@H](C)CCn2ccnc2C)cs1. The zero-order valence-electron chi connectivity index (χ0n) is 11.2. The van der Waals surface area contributed by atoms with Crippen LogP contribution in [0, 0.1) is 13.8 Å². The summed E-state index contributed by atoms with van der Waals surface area (Å²) in [5.41, 5.74) is 1.14. The van der Waals surface area contributed by atoms with E-state index in [0.717, 1.165) is 36.0 Å². The molecule has 0 aliphatic carbocycles. The number of thiazole rings is 1. The molecule has 18 heavy (non-hydrogen) atoms. The number of aromatic nitrogens is 3. The maximum Gasteiger partial charge on any atom is 0.105 e. The molecule has 2 heterocycles. The molecule has 2 rings (SSSR count). The fraction of sp³-hybridized carbons (Fsp3) is 0.538. The lowest BCUT2D eigenvalue weighted by molar-refractivity contribution is 0.470.